The van der Waals surface area contributed by atoms with Gasteiger partial charge in [-0.25, -0.2) is 0 Å². The smallest absolute Gasteiger partial charge is 0.295 e. The Kier molecular flexibility index (Phi) is 6.77. The maximum Gasteiger partial charge on any atom is 0.295 e. The number of nitrogens with zero attached hydrogens (tertiary/aromatic N) is 2. The number of aliphatic hydroxyl groups excluding tert-OH is 1. The maximum atomic E-state index is 13.2. The summed E-state index contributed by atoms with van der Waals surface area (Å²) in [6.45, 7) is 8.80. The van der Waals surface area contributed by atoms with Gasteiger partial charge in [0.2, 0.25) is 0 Å². The third kappa shape index (κ3) is 4.50. The van der Waals surface area contributed by atoms with Crippen molar-refractivity contribution in [2.45, 2.75) is 39.3 Å². The van der Waals surface area contributed by atoms with Crippen LogP contribution in [-0.4, -0.2) is 58.9 Å². The van der Waals surface area contributed by atoms with E-state index in [1.165, 1.54) is 0 Å². The van der Waals surface area contributed by atoms with Crippen molar-refractivity contribution in [3.05, 3.63) is 69.8 Å². The minimum Gasteiger partial charge on any atom is -0.507 e. The van der Waals surface area contributed by atoms with E-state index in [0.717, 1.165) is 30.8 Å². The van der Waals surface area contributed by atoms with Crippen LogP contribution in [0.3, 0.4) is 0 Å². The van der Waals surface area contributed by atoms with Gasteiger partial charge in [0.05, 0.1) is 11.6 Å². The number of ether oxygens (including phenoxy) is 1. The number of halogens is 1. The number of amides is 1. The molecule has 2 aromatic rings. The monoisotopic (exact) mass is 468 g/mol. The molecule has 2 aromatic carbocycles. The van der Waals surface area contributed by atoms with Gasteiger partial charge in [-0.1, -0.05) is 37.6 Å². The normalized spacial score (nSPS) is 21.5. The molecule has 4 rings (SSSR count). The molecule has 6 nitrogen and oxygen atoms in total. The lowest BCUT2D eigenvalue weighted by Crippen LogP contribution is -2.38. The summed E-state index contributed by atoms with van der Waals surface area (Å²) < 4.78 is 5.76. The molecule has 0 spiro atoms. The van der Waals surface area contributed by atoms with Gasteiger partial charge in [0, 0.05) is 30.1 Å². The third-order valence-electron chi connectivity index (χ3n) is 6.43. The number of fused-ring (bicyclic) bond motifs is 1. The van der Waals surface area contributed by atoms with E-state index < -0.39 is 17.7 Å². The fraction of sp³-hybridized carbons (Fsp3) is 0.385. The van der Waals surface area contributed by atoms with E-state index in [9.17, 15) is 14.7 Å². The highest BCUT2D eigenvalue weighted by Gasteiger charge is 2.46. The molecular weight excluding hydrogens is 440 g/mol. The Hall–Kier alpha value is -2.83. The van der Waals surface area contributed by atoms with Crippen molar-refractivity contribution < 1.29 is 19.4 Å². The van der Waals surface area contributed by atoms with Crippen molar-refractivity contribution >= 4 is 29.1 Å². The Morgan fingerprint density at radius 2 is 1.94 bits per heavy atom. The highest BCUT2D eigenvalue weighted by molar-refractivity contribution is 6.46. The fourth-order valence-corrected chi connectivity index (χ4v) is 4.85. The number of hydrogen-bond acceptors (Lipinski definition) is 5. The number of hydrogen-bond donors (Lipinski definition) is 1. The maximum absolute atomic E-state index is 13.2. The molecule has 1 fully saturated rings. The molecule has 0 aromatic heterocycles. The topological polar surface area (TPSA) is 70.1 Å². The fourth-order valence-electron chi connectivity index (χ4n) is 4.65. The van der Waals surface area contributed by atoms with E-state index >= 15 is 0 Å². The van der Waals surface area contributed by atoms with Gasteiger partial charge < -0.3 is 19.6 Å². The molecule has 2 heterocycles. The molecule has 1 amide bonds. The zero-order chi connectivity index (χ0) is 23.7. The highest BCUT2D eigenvalue weighted by atomic mass is 35.5. The van der Waals surface area contributed by atoms with Crippen molar-refractivity contribution in [3.8, 4) is 5.75 Å². The number of benzene rings is 2. The summed E-state index contributed by atoms with van der Waals surface area (Å²) in [6.07, 6.45) is 0.793. The SMILES string of the molecule is CCN(CC)CCN1C(=O)C(=O)/C(=C(\O)c2ccc3c(c2)CC(C)O3)C1c1cccc(Cl)c1. The summed E-state index contributed by atoms with van der Waals surface area (Å²) in [6, 6.07) is 11.8. The summed E-state index contributed by atoms with van der Waals surface area (Å²) >= 11 is 6.25. The molecule has 2 aliphatic rings. The second kappa shape index (κ2) is 9.57. The molecule has 1 N–H and O–H groups in total. The molecule has 2 unspecified atom stereocenters. The standard InChI is InChI=1S/C26H29ClN2O4/c1-4-28(5-2)11-12-29-23(17-7-6-8-20(27)15-17)22(25(31)26(29)32)24(30)18-9-10-21-19(14-18)13-16(3)33-21/h6-10,14-16,23,30H,4-5,11-13H2,1-3H3/b24-22-. The number of rotatable bonds is 7. The van der Waals surface area contributed by atoms with Crippen molar-refractivity contribution in [1.29, 1.82) is 0 Å². The van der Waals surface area contributed by atoms with Crippen LogP contribution in [0.15, 0.2) is 48.0 Å². The first-order chi connectivity index (χ1) is 15.8. The van der Waals surface area contributed by atoms with Gasteiger partial charge >= 0.3 is 0 Å². The largest absolute Gasteiger partial charge is 0.507 e. The molecule has 7 heteroatoms. The van der Waals surface area contributed by atoms with E-state index in [4.69, 9.17) is 16.3 Å². The third-order valence-corrected chi connectivity index (χ3v) is 6.66. The molecule has 1 saturated heterocycles. The summed E-state index contributed by atoms with van der Waals surface area (Å²) in [5, 5.41) is 11.8. The van der Waals surface area contributed by atoms with Crippen LogP contribution in [0.4, 0.5) is 0 Å². The summed E-state index contributed by atoms with van der Waals surface area (Å²) in [5.41, 5.74) is 2.26. The van der Waals surface area contributed by atoms with Crippen LogP contribution in [0, 0.1) is 0 Å². The van der Waals surface area contributed by atoms with Gasteiger partial charge in [-0.3, -0.25) is 9.59 Å². The molecule has 0 bridgehead atoms. The molecule has 0 saturated carbocycles. The van der Waals surface area contributed by atoms with E-state index in [-0.39, 0.29) is 17.4 Å². The predicted octanol–water partition coefficient (Wildman–Crippen LogP) is 4.43. The number of aliphatic hydroxyl groups is 1. The van der Waals surface area contributed by atoms with Crippen LogP contribution in [0.1, 0.15) is 43.5 Å². The lowest BCUT2D eigenvalue weighted by Gasteiger charge is -2.28. The van der Waals surface area contributed by atoms with Gasteiger partial charge in [-0.2, -0.15) is 0 Å². The van der Waals surface area contributed by atoms with Gasteiger partial charge in [0.25, 0.3) is 11.7 Å². The quantitative estimate of drug-likeness (QED) is 0.370. The molecule has 33 heavy (non-hydrogen) atoms. The summed E-state index contributed by atoms with van der Waals surface area (Å²) in [4.78, 5) is 30.0. The summed E-state index contributed by atoms with van der Waals surface area (Å²) in [5.74, 6) is -0.676. The number of carbonyl (C=O) groups excluding carboxylic acids is 2. The van der Waals surface area contributed by atoms with Crippen LogP contribution < -0.4 is 4.74 Å². The van der Waals surface area contributed by atoms with E-state index in [2.05, 4.69) is 18.7 Å². The number of likely N-dealkylation sites (tertiary alicyclic amines) is 1. The average Bonchev–Trinajstić information content (AvgIpc) is 3.30. The Balaban J connectivity index is 1.79. The number of carbonyl (C=O) groups is 2. The second-order valence-electron chi connectivity index (χ2n) is 8.53. The van der Waals surface area contributed by atoms with Crippen molar-refractivity contribution in [2.75, 3.05) is 26.2 Å². The molecule has 2 atom stereocenters. The van der Waals surface area contributed by atoms with E-state index in [1.54, 1.807) is 35.2 Å². The minimum atomic E-state index is -0.706. The zero-order valence-electron chi connectivity index (χ0n) is 19.2. The first-order valence-corrected chi connectivity index (χ1v) is 11.8. The number of ketones is 1. The van der Waals surface area contributed by atoms with Crippen LogP contribution in [0.5, 0.6) is 5.75 Å². The molecule has 0 aliphatic carbocycles. The number of Topliss-reactive ketones (excluding diaryl/α,β-unsaturated/α-hetero) is 1. The number of likely N-dealkylation sites (N-methyl/N-ethyl adjacent to an activating group) is 1. The van der Waals surface area contributed by atoms with Crippen LogP contribution >= 0.6 is 11.6 Å². The lowest BCUT2D eigenvalue weighted by atomic mass is 9.94. The van der Waals surface area contributed by atoms with E-state index in [1.807, 2.05) is 19.1 Å². The first kappa shape index (κ1) is 23.3. The Morgan fingerprint density at radius 3 is 2.64 bits per heavy atom. The first-order valence-electron chi connectivity index (χ1n) is 11.4. The van der Waals surface area contributed by atoms with Crippen molar-refractivity contribution in [1.82, 2.24) is 9.80 Å². The molecule has 2 aliphatic heterocycles. The molecule has 174 valence electrons. The van der Waals surface area contributed by atoms with Crippen LogP contribution in [0.25, 0.3) is 5.76 Å². The molecular formula is C26H29ClN2O4. The second-order valence-corrected chi connectivity index (χ2v) is 8.97. The predicted molar refractivity (Wildman–Crippen MR) is 128 cm³/mol. The van der Waals surface area contributed by atoms with Gasteiger partial charge in [-0.05, 0) is 61.5 Å². The minimum absolute atomic E-state index is 0.0644. The van der Waals surface area contributed by atoms with Crippen LogP contribution in [-0.2, 0) is 16.0 Å². The van der Waals surface area contributed by atoms with E-state index in [0.29, 0.717) is 29.2 Å². The lowest BCUT2D eigenvalue weighted by molar-refractivity contribution is -0.140. The zero-order valence-corrected chi connectivity index (χ0v) is 19.9. The van der Waals surface area contributed by atoms with Gasteiger partial charge in [0.15, 0.2) is 0 Å². The average molecular weight is 469 g/mol. The van der Waals surface area contributed by atoms with Gasteiger partial charge in [-0.15, -0.1) is 0 Å². The van der Waals surface area contributed by atoms with Crippen LogP contribution in [0.2, 0.25) is 5.02 Å². The Bertz CT molecular complexity index is 1110. The molecule has 0 radical (unpaired) electrons. The Labute approximate surface area is 199 Å². The van der Waals surface area contributed by atoms with Crippen molar-refractivity contribution in [3.63, 3.8) is 0 Å². The van der Waals surface area contributed by atoms with Crippen molar-refractivity contribution in [2.24, 2.45) is 0 Å². The Morgan fingerprint density at radius 1 is 1.18 bits per heavy atom. The highest BCUT2D eigenvalue weighted by Crippen LogP contribution is 2.41. The summed E-state index contributed by atoms with van der Waals surface area (Å²) in [7, 11) is 0. The van der Waals surface area contributed by atoms with Gasteiger partial charge in [0.1, 0.15) is 17.6 Å².